The van der Waals surface area contributed by atoms with Crippen LogP contribution in [0.5, 0.6) is 5.88 Å². The molecule has 1 aliphatic rings. The first kappa shape index (κ1) is 23.5. The highest BCUT2D eigenvalue weighted by atomic mass is 32.1. The number of carbonyl (C=O) groups is 1. The van der Waals surface area contributed by atoms with E-state index in [-0.39, 0.29) is 31.3 Å². The number of aromatic nitrogens is 3. The van der Waals surface area contributed by atoms with Crippen LogP contribution in [-0.4, -0.2) is 46.7 Å². The molecule has 8 nitrogen and oxygen atoms in total. The third kappa shape index (κ3) is 5.43. The first-order valence-electron chi connectivity index (χ1n) is 8.98. The molecule has 0 saturated heterocycles. The molecule has 0 radical (unpaired) electrons. The average molecular weight is 444 g/mol. The third-order valence-corrected chi connectivity index (χ3v) is 4.44. The van der Waals surface area contributed by atoms with Crippen LogP contribution in [0.1, 0.15) is 24.6 Å². The topological polar surface area (TPSA) is 92.3 Å². The summed E-state index contributed by atoms with van der Waals surface area (Å²) in [7, 11) is 1.81. The van der Waals surface area contributed by atoms with Gasteiger partial charge in [0.25, 0.3) is 0 Å². The van der Waals surface area contributed by atoms with Gasteiger partial charge in [0.1, 0.15) is 11.7 Å². The van der Waals surface area contributed by atoms with Gasteiger partial charge in [0.05, 0.1) is 5.69 Å². The van der Waals surface area contributed by atoms with Crippen LogP contribution in [0.4, 0.5) is 30.6 Å². The summed E-state index contributed by atoms with van der Waals surface area (Å²) < 4.78 is 41.1. The fourth-order valence-electron chi connectivity index (χ4n) is 2.97. The van der Waals surface area contributed by atoms with E-state index in [1.54, 1.807) is 13.0 Å². The second kappa shape index (κ2) is 9.37. The monoisotopic (exact) mass is 444 g/mol. The smallest absolute Gasteiger partial charge is 0.422 e. The van der Waals surface area contributed by atoms with Crippen LogP contribution < -0.4 is 20.3 Å². The molecule has 1 aliphatic heterocycles. The summed E-state index contributed by atoms with van der Waals surface area (Å²) >= 11 is 0. The van der Waals surface area contributed by atoms with Crippen molar-refractivity contribution >= 4 is 36.9 Å². The molecule has 0 unspecified atom stereocenters. The van der Waals surface area contributed by atoms with Crippen LogP contribution in [0.15, 0.2) is 18.3 Å². The third-order valence-electron chi connectivity index (χ3n) is 4.44. The Morgan fingerprint density at radius 1 is 1.30 bits per heavy atom. The Hall–Kier alpha value is -2.76. The maximum Gasteiger partial charge on any atom is 0.422 e. The van der Waals surface area contributed by atoms with Crippen LogP contribution in [0, 0.1) is 6.92 Å². The number of anilines is 3. The summed E-state index contributed by atoms with van der Waals surface area (Å²) in [6, 6.07) is 2.67. The van der Waals surface area contributed by atoms with E-state index in [9.17, 15) is 18.0 Å². The number of alkyl halides is 3. The van der Waals surface area contributed by atoms with Crippen molar-refractivity contribution in [3.63, 3.8) is 0 Å². The number of hydrogen-bond donors (Lipinski definition) is 2. The first-order chi connectivity index (χ1) is 13.7. The van der Waals surface area contributed by atoms with Crippen molar-refractivity contribution in [1.29, 1.82) is 0 Å². The van der Waals surface area contributed by atoms with Crippen molar-refractivity contribution in [1.82, 2.24) is 15.0 Å². The second-order valence-corrected chi connectivity index (χ2v) is 6.62. The van der Waals surface area contributed by atoms with E-state index in [0.717, 1.165) is 5.56 Å². The fraction of sp³-hybridized carbons (Fsp3) is 0.444. The number of halogens is 3. The maximum absolute atomic E-state index is 12.2. The van der Waals surface area contributed by atoms with Crippen molar-refractivity contribution in [2.45, 2.75) is 39.0 Å². The maximum atomic E-state index is 12.2. The standard InChI is InChI=1S/C18H21F3N6O2.H2S/c1-4-12-16(28)25-14-10(2)24-17(26-15(14)27(12)3)23-8-11-5-6-13(22-7-11)29-9-18(19,20)21;/h5-7,12H,4,8-9H2,1-3H3,(H,25,28)(H,23,24,26);1H2/t12-;/m0./s1. The highest BCUT2D eigenvalue weighted by Gasteiger charge is 2.32. The van der Waals surface area contributed by atoms with Crippen molar-refractivity contribution < 1.29 is 22.7 Å². The molecule has 0 spiro atoms. The minimum absolute atomic E-state index is 0. The highest BCUT2D eigenvalue weighted by molar-refractivity contribution is 7.59. The van der Waals surface area contributed by atoms with Crippen molar-refractivity contribution in [3.8, 4) is 5.88 Å². The Balaban J connectivity index is 0.00000320. The molecule has 2 N–H and O–H groups in total. The summed E-state index contributed by atoms with van der Waals surface area (Å²) in [6.45, 7) is 2.63. The van der Waals surface area contributed by atoms with Crippen molar-refractivity contribution in [2.24, 2.45) is 0 Å². The quantitative estimate of drug-likeness (QED) is 0.708. The molecular formula is C18H23F3N6O2S. The number of rotatable bonds is 6. The Morgan fingerprint density at radius 3 is 2.63 bits per heavy atom. The Morgan fingerprint density at radius 2 is 2.03 bits per heavy atom. The van der Waals surface area contributed by atoms with Gasteiger partial charge in [-0.2, -0.15) is 31.7 Å². The van der Waals surface area contributed by atoms with Crippen molar-refractivity contribution in [3.05, 3.63) is 29.6 Å². The van der Waals surface area contributed by atoms with Gasteiger partial charge in [0, 0.05) is 25.9 Å². The number of hydrogen-bond acceptors (Lipinski definition) is 7. The molecule has 0 bridgehead atoms. The molecule has 0 aliphatic carbocycles. The number of amides is 1. The number of carbonyl (C=O) groups excluding carboxylic acids is 1. The van der Waals surface area contributed by atoms with Gasteiger partial charge in [-0.15, -0.1) is 0 Å². The minimum atomic E-state index is -4.41. The van der Waals surface area contributed by atoms with Crippen LogP contribution in [0.2, 0.25) is 0 Å². The molecule has 2 aromatic heterocycles. The van der Waals surface area contributed by atoms with Gasteiger partial charge >= 0.3 is 6.18 Å². The minimum Gasteiger partial charge on any atom is -0.468 e. The van der Waals surface area contributed by atoms with E-state index < -0.39 is 12.8 Å². The van der Waals surface area contributed by atoms with E-state index >= 15 is 0 Å². The van der Waals surface area contributed by atoms with Gasteiger partial charge in [0.15, 0.2) is 12.4 Å². The predicted octanol–water partition coefficient (Wildman–Crippen LogP) is 3.01. The van der Waals surface area contributed by atoms with Gasteiger partial charge < -0.3 is 20.3 Å². The molecule has 2 aromatic rings. The molecule has 164 valence electrons. The van der Waals surface area contributed by atoms with Gasteiger partial charge in [-0.3, -0.25) is 4.79 Å². The molecule has 0 aromatic carbocycles. The molecule has 3 heterocycles. The lowest BCUT2D eigenvalue weighted by atomic mass is 10.1. The Bertz CT molecular complexity index is 895. The van der Waals surface area contributed by atoms with E-state index in [0.29, 0.717) is 36.1 Å². The zero-order valence-corrected chi connectivity index (χ0v) is 17.7. The molecule has 30 heavy (non-hydrogen) atoms. The summed E-state index contributed by atoms with van der Waals surface area (Å²) in [5, 5.41) is 5.92. The van der Waals surface area contributed by atoms with Crippen molar-refractivity contribution in [2.75, 3.05) is 29.2 Å². The number of aryl methyl sites for hydroxylation is 1. The first-order valence-corrected chi connectivity index (χ1v) is 8.98. The fourth-order valence-corrected chi connectivity index (χ4v) is 2.97. The zero-order chi connectivity index (χ0) is 21.2. The Kier molecular flexibility index (Phi) is 7.34. The lowest BCUT2D eigenvalue weighted by Crippen LogP contribution is -2.46. The summed E-state index contributed by atoms with van der Waals surface area (Å²) in [4.78, 5) is 26.7. The second-order valence-electron chi connectivity index (χ2n) is 6.62. The van der Waals surface area contributed by atoms with E-state index in [1.165, 1.54) is 12.3 Å². The number of nitrogens with one attached hydrogen (secondary N) is 2. The molecule has 1 amide bonds. The van der Waals surface area contributed by atoms with Crippen LogP contribution in [0.3, 0.4) is 0 Å². The lowest BCUT2D eigenvalue weighted by molar-refractivity contribution is -0.154. The van der Waals surface area contributed by atoms with Gasteiger partial charge in [0.2, 0.25) is 17.7 Å². The van der Waals surface area contributed by atoms with Crippen LogP contribution in [0.25, 0.3) is 0 Å². The molecule has 1 atom stereocenters. The summed E-state index contributed by atoms with van der Waals surface area (Å²) in [5.74, 6) is 0.806. The van der Waals surface area contributed by atoms with Crippen LogP contribution >= 0.6 is 13.5 Å². The zero-order valence-electron chi connectivity index (χ0n) is 16.7. The van der Waals surface area contributed by atoms with Gasteiger partial charge in [-0.1, -0.05) is 13.0 Å². The van der Waals surface area contributed by atoms with E-state index in [2.05, 4.69) is 30.3 Å². The van der Waals surface area contributed by atoms with Crippen LogP contribution in [-0.2, 0) is 11.3 Å². The molecule has 3 rings (SSSR count). The number of pyridine rings is 1. The van der Waals surface area contributed by atoms with Gasteiger partial charge in [-0.25, -0.2) is 9.97 Å². The number of ether oxygens (including phenoxy) is 1. The number of fused-ring (bicyclic) bond motifs is 1. The lowest BCUT2D eigenvalue weighted by Gasteiger charge is -2.34. The predicted molar refractivity (Wildman–Crippen MR) is 111 cm³/mol. The SMILES string of the molecule is CC[C@H]1C(=O)Nc2c(C)nc(NCc3ccc(OCC(F)(F)F)nc3)nc2N1C.S. The Labute approximate surface area is 178 Å². The normalized spacial score (nSPS) is 15.7. The highest BCUT2D eigenvalue weighted by Crippen LogP contribution is 2.33. The van der Waals surface area contributed by atoms with Gasteiger partial charge in [-0.05, 0) is 18.9 Å². The largest absolute Gasteiger partial charge is 0.468 e. The molecule has 12 heteroatoms. The van der Waals surface area contributed by atoms with E-state index in [4.69, 9.17) is 0 Å². The number of likely N-dealkylation sites (N-methyl/N-ethyl adjacent to an activating group) is 1. The summed E-state index contributed by atoms with van der Waals surface area (Å²) in [5.41, 5.74) is 1.93. The molecule has 0 saturated carbocycles. The molecule has 0 fully saturated rings. The summed E-state index contributed by atoms with van der Waals surface area (Å²) in [6.07, 6.45) is -2.35. The average Bonchev–Trinajstić information content (AvgIpc) is 2.66. The molecular weight excluding hydrogens is 421 g/mol. The van der Waals surface area contributed by atoms with E-state index in [1.807, 2.05) is 18.9 Å². The number of nitrogens with zero attached hydrogens (tertiary/aromatic N) is 4.